The van der Waals surface area contributed by atoms with Gasteiger partial charge in [0, 0.05) is 30.4 Å². The summed E-state index contributed by atoms with van der Waals surface area (Å²) in [7, 11) is 1.40. The van der Waals surface area contributed by atoms with Crippen LogP contribution < -0.4 is 10.9 Å². The summed E-state index contributed by atoms with van der Waals surface area (Å²) in [5.41, 5.74) is -1.98. The van der Waals surface area contributed by atoms with Gasteiger partial charge in [-0.2, -0.15) is 13.2 Å². The number of pyridine rings is 2. The van der Waals surface area contributed by atoms with E-state index in [0.717, 1.165) is 4.57 Å². The standard InChI is InChI=1S/C30H20Cl2F3N3O4/c1-38-22-10-3-2-6-18(22)25(30(33,34)35)23(28(38)40)16-12-11-15(26-17(16)7-5-13-36-26)14-21(29(41)42)37-27(39)24-19(31)8-4-9-20(24)32/h2-13,21H,14H2,1H3,(H,37,39)(H,41,42). The number of fused-ring (bicyclic) bond motifs is 2. The number of carbonyl (C=O) groups is 2. The van der Waals surface area contributed by atoms with E-state index < -0.39 is 40.8 Å². The van der Waals surface area contributed by atoms with E-state index in [4.69, 9.17) is 23.2 Å². The zero-order chi connectivity index (χ0) is 30.3. The van der Waals surface area contributed by atoms with Gasteiger partial charge in [-0.1, -0.05) is 65.7 Å². The second-order valence-corrected chi connectivity index (χ2v) is 10.3. The van der Waals surface area contributed by atoms with Crippen molar-refractivity contribution in [3.05, 3.63) is 110 Å². The lowest BCUT2D eigenvalue weighted by molar-refractivity contribution is -0.139. The topological polar surface area (TPSA) is 101 Å². The van der Waals surface area contributed by atoms with Crippen LogP contribution in [0, 0.1) is 0 Å². The van der Waals surface area contributed by atoms with Crippen molar-refractivity contribution in [2.45, 2.75) is 18.6 Å². The first-order valence-corrected chi connectivity index (χ1v) is 13.2. The van der Waals surface area contributed by atoms with Crippen LogP contribution in [0.2, 0.25) is 10.0 Å². The molecule has 0 radical (unpaired) electrons. The van der Waals surface area contributed by atoms with Gasteiger partial charge in [0.2, 0.25) is 0 Å². The van der Waals surface area contributed by atoms with Crippen LogP contribution in [0.4, 0.5) is 13.2 Å². The molecule has 1 unspecified atom stereocenters. The number of para-hydroxylation sites is 1. The second kappa shape index (κ2) is 11.1. The quantitative estimate of drug-likeness (QED) is 0.227. The fourth-order valence-electron chi connectivity index (χ4n) is 5.02. The highest BCUT2D eigenvalue weighted by Gasteiger charge is 2.38. The molecule has 0 fully saturated rings. The Morgan fingerprint density at radius 3 is 2.31 bits per heavy atom. The Hall–Kier alpha value is -4.41. The predicted octanol–water partition coefficient (Wildman–Crippen LogP) is 6.51. The lowest BCUT2D eigenvalue weighted by atomic mass is 9.91. The SMILES string of the molecule is Cn1c(=O)c(-c2ccc(CC(NC(=O)c3c(Cl)cccc3Cl)C(=O)O)c3ncccc23)c(C(F)(F)F)c2ccccc21. The molecule has 0 aliphatic rings. The summed E-state index contributed by atoms with van der Waals surface area (Å²) in [6.07, 6.45) is -3.75. The highest BCUT2D eigenvalue weighted by atomic mass is 35.5. The van der Waals surface area contributed by atoms with Gasteiger partial charge in [-0.15, -0.1) is 0 Å². The molecule has 5 rings (SSSR count). The molecule has 12 heteroatoms. The summed E-state index contributed by atoms with van der Waals surface area (Å²) in [5, 5.41) is 12.4. The molecule has 1 atom stereocenters. The Kier molecular flexibility index (Phi) is 7.70. The Bertz CT molecular complexity index is 1940. The average molecular weight is 614 g/mol. The molecule has 0 aliphatic heterocycles. The van der Waals surface area contributed by atoms with E-state index in [9.17, 15) is 32.7 Å². The van der Waals surface area contributed by atoms with Crippen LogP contribution in [-0.4, -0.2) is 32.6 Å². The summed E-state index contributed by atoms with van der Waals surface area (Å²) in [6.45, 7) is 0. The monoisotopic (exact) mass is 613 g/mol. The molecule has 2 N–H and O–H groups in total. The molecule has 7 nitrogen and oxygen atoms in total. The third kappa shape index (κ3) is 5.19. The maximum absolute atomic E-state index is 14.5. The van der Waals surface area contributed by atoms with Crippen LogP contribution in [0.25, 0.3) is 32.9 Å². The van der Waals surface area contributed by atoms with Gasteiger partial charge in [-0.25, -0.2) is 4.79 Å². The minimum absolute atomic E-state index is 0.0145. The average Bonchev–Trinajstić information content (AvgIpc) is 2.94. The minimum atomic E-state index is -4.87. The lowest BCUT2D eigenvalue weighted by Crippen LogP contribution is -2.42. The van der Waals surface area contributed by atoms with Crippen LogP contribution >= 0.6 is 23.2 Å². The summed E-state index contributed by atoms with van der Waals surface area (Å²) < 4.78 is 44.8. The van der Waals surface area contributed by atoms with Crippen molar-refractivity contribution in [2.75, 3.05) is 0 Å². The van der Waals surface area contributed by atoms with Gasteiger partial charge in [-0.3, -0.25) is 14.6 Å². The number of nitrogens with one attached hydrogen (secondary N) is 1. The molecular formula is C30H20Cl2F3N3O4. The Morgan fingerprint density at radius 2 is 1.64 bits per heavy atom. The number of carboxylic acid groups (broad SMARTS) is 1. The Balaban J connectivity index is 1.65. The third-order valence-electron chi connectivity index (χ3n) is 6.93. The van der Waals surface area contributed by atoms with Gasteiger partial charge >= 0.3 is 12.1 Å². The van der Waals surface area contributed by atoms with Crippen LogP contribution in [0.15, 0.2) is 77.7 Å². The molecular weight excluding hydrogens is 594 g/mol. The van der Waals surface area contributed by atoms with E-state index >= 15 is 0 Å². The fraction of sp³-hybridized carbons (Fsp3) is 0.133. The molecule has 0 spiro atoms. The molecule has 0 saturated heterocycles. The van der Waals surface area contributed by atoms with Gasteiger partial charge in [0.1, 0.15) is 6.04 Å². The number of halogens is 5. The first kappa shape index (κ1) is 29.1. The van der Waals surface area contributed by atoms with Gasteiger partial charge in [0.15, 0.2) is 0 Å². The number of nitrogens with zero attached hydrogens (tertiary/aromatic N) is 2. The van der Waals surface area contributed by atoms with Crippen molar-refractivity contribution in [3.8, 4) is 11.1 Å². The molecule has 5 aromatic rings. The summed E-state index contributed by atoms with van der Waals surface area (Å²) >= 11 is 12.2. The number of benzene rings is 3. The third-order valence-corrected chi connectivity index (χ3v) is 7.56. The van der Waals surface area contributed by atoms with Crippen molar-refractivity contribution >= 4 is 56.9 Å². The first-order valence-electron chi connectivity index (χ1n) is 12.4. The fourth-order valence-corrected chi connectivity index (χ4v) is 5.59. The van der Waals surface area contributed by atoms with Gasteiger partial charge < -0.3 is 15.0 Å². The van der Waals surface area contributed by atoms with Crippen LogP contribution in [0.1, 0.15) is 21.5 Å². The highest BCUT2D eigenvalue weighted by molar-refractivity contribution is 6.39. The lowest BCUT2D eigenvalue weighted by Gasteiger charge is -2.20. The molecule has 0 aliphatic carbocycles. The van der Waals surface area contributed by atoms with Crippen molar-refractivity contribution < 1.29 is 27.9 Å². The molecule has 3 aromatic carbocycles. The molecule has 2 heterocycles. The van der Waals surface area contributed by atoms with Gasteiger partial charge in [0.25, 0.3) is 11.5 Å². The summed E-state index contributed by atoms with van der Waals surface area (Å²) in [5.74, 6) is -2.19. The van der Waals surface area contributed by atoms with Crippen LogP contribution in [0.3, 0.4) is 0 Å². The first-order chi connectivity index (χ1) is 19.9. The van der Waals surface area contributed by atoms with Crippen molar-refractivity contribution in [2.24, 2.45) is 7.05 Å². The number of carboxylic acids is 1. The predicted molar refractivity (Wildman–Crippen MR) is 154 cm³/mol. The molecule has 214 valence electrons. The Morgan fingerprint density at radius 1 is 0.976 bits per heavy atom. The maximum atomic E-state index is 14.5. The minimum Gasteiger partial charge on any atom is -0.480 e. The number of aliphatic carboxylic acids is 1. The number of alkyl halides is 3. The van der Waals surface area contributed by atoms with E-state index in [1.807, 2.05) is 0 Å². The van der Waals surface area contributed by atoms with Gasteiger partial charge in [0.05, 0.1) is 37.8 Å². The Labute approximate surface area is 246 Å². The number of rotatable bonds is 6. The number of aryl methyl sites for hydroxylation is 1. The van der Waals surface area contributed by atoms with E-state index in [2.05, 4.69) is 10.3 Å². The number of carbonyl (C=O) groups excluding carboxylic acids is 1. The van der Waals surface area contributed by atoms with Crippen molar-refractivity contribution in [1.82, 2.24) is 14.9 Å². The van der Waals surface area contributed by atoms with E-state index in [-0.39, 0.29) is 49.4 Å². The molecule has 0 saturated carbocycles. The highest BCUT2D eigenvalue weighted by Crippen LogP contribution is 2.42. The van der Waals surface area contributed by atoms with E-state index in [1.54, 1.807) is 6.07 Å². The zero-order valence-electron chi connectivity index (χ0n) is 21.7. The molecule has 2 aromatic heterocycles. The largest absolute Gasteiger partial charge is 0.480 e. The second-order valence-electron chi connectivity index (χ2n) is 9.47. The van der Waals surface area contributed by atoms with Crippen LogP contribution in [0.5, 0.6) is 0 Å². The number of hydrogen-bond acceptors (Lipinski definition) is 4. The number of aromatic nitrogens is 2. The molecule has 1 amide bonds. The summed E-state index contributed by atoms with van der Waals surface area (Å²) in [4.78, 5) is 42.8. The van der Waals surface area contributed by atoms with Crippen molar-refractivity contribution in [1.29, 1.82) is 0 Å². The normalized spacial score (nSPS) is 12.4. The van der Waals surface area contributed by atoms with Crippen LogP contribution in [-0.2, 0) is 24.4 Å². The molecule has 42 heavy (non-hydrogen) atoms. The van der Waals surface area contributed by atoms with E-state index in [1.165, 1.54) is 73.9 Å². The zero-order valence-corrected chi connectivity index (χ0v) is 23.2. The number of amides is 1. The van der Waals surface area contributed by atoms with E-state index in [0.29, 0.717) is 5.56 Å². The maximum Gasteiger partial charge on any atom is 0.417 e. The van der Waals surface area contributed by atoms with Crippen molar-refractivity contribution in [3.63, 3.8) is 0 Å². The smallest absolute Gasteiger partial charge is 0.417 e. The molecule has 0 bridgehead atoms. The summed E-state index contributed by atoms with van der Waals surface area (Å²) in [6, 6.07) is 14.4. The van der Waals surface area contributed by atoms with Gasteiger partial charge in [-0.05, 0) is 35.4 Å². The number of hydrogen-bond donors (Lipinski definition) is 2.